The van der Waals surface area contributed by atoms with Gasteiger partial charge >= 0.3 is 6.09 Å². The molecular weight excluding hydrogens is 465 g/mol. The van der Waals surface area contributed by atoms with Gasteiger partial charge in [0, 0.05) is 24.9 Å². The molecule has 0 aliphatic rings. The van der Waals surface area contributed by atoms with Crippen molar-refractivity contribution >= 4 is 39.2 Å². The Morgan fingerprint density at radius 3 is 2.69 bits per heavy atom. The highest BCUT2D eigenvalue weighted by molar-refractivity contribution is 7.92. The number of ether oxygens (including phenoxy) is 1. The molecule has 32 heavy (non-hydrogen) atoms. The zero-order valence-corrected chi connectivity index (χ0v) is 19.0. The third-order valence-corrected chi connectivity index (χ3v) is 5.16. The topological polar surface area (TPSA) is 141 Å². The summed E-state index contributed by atoms with van der Waals surface area (Å²) in [6.07, 6.45) is 0.566. The number of carbonyl (C=O) groups is 1. The molecule has 170 valence electrons. The quantitative estimate of drug-likeness (QED) is 0.509. The lowest BCUT2D eigenvalue weighted by Crippen LogP contribution is -2.18. The summed E-state index contributed by atoms with van der Waals surface area (Å²) in [5.41, 5.74) is 1.64. The summed E-state index contributed by atoms with van der Waals surface area (Å²) in [6, 6.07) is 4.09. The molecule has 3 rings (SSSR count). The Morgan fingerprint density at radius 2 is 2.06 bits per heavy atom. The molecule has 3 aromatic heterocycles. The van der Waals surface area contributed by atoms with Crippen LogP contribution >= 0.6 is 11.6 Å². The molecule has 1 unspecified atom stereocenters. The van der Waals surface area contributed by atoms with Gasteiger partial charge in [0.2, 0.25) is 16.0 Å². The minimum absolute atomic E-state index is 0.0724. The summed E-state index contributed by atoms with van der Waals surface area (Å²) in [6.45, 7) is 3.18. The van der Waals surface area contributed by atoms with Gasteiger partial charge < -0.3 is 4.74 Å². The Balaban J connectivity index is 1.80. The van der Waals surface area contributed by atoms with Crippen molar-refractivity contribution in [1.82, 2.24) is 25.0 Å². The number of aryl methyl sites for hydroxylation is 2. The lowest BCUT2D eigenvalue weighted by molar-refractivity contribution is 0.121. The second-order valence-electron chi connectivity index (χ2n) is 6.82. The van der Waals surface area contributed by atoms with Gasteiger partial charge in [-0.05, 0) is 26.0 Å². The van der Waals surface area contributed by atoms with E-state index >= 15 is 0 Å². The van der Waals surface area contributed by atoms with E-state index in [1.54, 1.807) is 20.9 Å². The standard InChI is InChI=1S/C18H19ClFN7O4S/c1-9-13(25-32(4,29)30)5-6-14(22-9)16-17(27(3)26-24-16)23-18(28)31-10(2)11-8-21-15(20)7-12(11)19/h5-8,10,25H,1-4H3,(H,23,28). The summed E-state index contributed by atoms with van der Waals surface area (Å²) < 4.78 is 45.0. The number of nitrogens with one attached hydrogen (secondary N) is 2. The number of aromatic nitrogens is 5. The molecule has 0 fully saturated rings. The second kappa shape index (κ2) is 9.04. The van der Waals surface area contributed by atoms with Crippen LogP contribution in [0.5, 0.6) is 0 Å². The molecular formula is C18H19ClFN7O4S. The van der Waals surface area contributed by atoms with E-state index in [4.69, 9.17) is 16.3 Å². The minimum Gasteiger partial charge on any atom is -0.441 e. The smallest absolute Gasteiger partial charge is 0.413 e. The molecule has 0 bridgehead atoms. The number of amides is 1. The van der Waals surface area contributed by atoms with Crippen LogP contribution in [0, 0.1) is 12.9 Å². The lowest BCUT2D eigenvalue weighted by Gasteiger charge is -2.15. The van der Waals surface area contributed by atoms with E-state index in [1.165, 1.54) is 23.0 Å². The number of rotatable bonds is 6. The van der Waals surface area contributed by atoms with Crippen molar-refractivity contribution in [3.8, 4) is 11.4 Å². The number of carbonyl (C=O) groups excluding carboxylic acids is 1. The summed E-state index contributed by atoms with van der Waals surface area (Å²) in [7, 11) is -1.91. The van der Waals surface area contributed by atoms with Gasteiger partial charge in [-0.2, -0.15) is 4.39 Å². The zero-order valence-electron chi connectivity index (χ0n) is 17.4. The summed E-state index contributed by atoms with van der Waals surface area (Å²) in [5.74, 6) is -0.553. The SMILES string of the molecule is Cc1nc(-c2nnn(C)c2NC(=O)OC(C)c2cnc(F)cc2Cl)ccc1NS(C)(=O)=O. The van der Waals surface area contributed by atoms with Crippen LogP contribution in [0.1, 0.15) is 24.3 Å². The summed E-state index contributed by atoms with van der Waals surface area (Å²) in [5, 5.41) is 10.5. The van der Waals surface area contributed by atoms with Gasteiger partial charge in [0.15, 0.2) is 11.5 Å². The maximum Gasteiger partial charge on any atom is 0.413 e. The van der Waals surface area contributed by atoms with Crippen molar-refractivity contribution in [1.29, 1.82) is 0 Å². The average Bonchev–Trinajstić information content (AvgIpc) is 3.02. The highest BCUT2D eigenvalue weighted by Gasteiger charge is 2.21. The van der Waals surface area contributed by atoms with Crippen molar-refractivity contribution in [3.63, 3.8) is 0 Å². The lowest BCUT2D eigenvalue weighted by atomic mass is 10.2. The van der Waals surface area contributed by atoms with Crippen molar-refractivity contribution in [2.75, 3.05) is 16.3 Å². The first-order valence-electron chi connectivity index (χ1n) is 9.08. The molecule has 1 atom stereocenters. The fourth-order valence-corrected chi connectivity index (χ4v) is 3.65. The molecule has 0 spiro atoms. The number of halogens is 2. The number of sulfonamides is 1. The fourth-order valence-electron chi connectivity index (χ4n) is 2.74. The molecule has 11 nitrogen and oxygen atoms in total. The van der Waals surface area contributed by atoms with Gasteiger partial charge in [-0.15, -0.1) is 5.10 Å². The van der Waals surface area contributed by atoms with Gasteiger partial charge in [0.1, 0.15) is 6.10 Å². The third kappa shape index (κ3) is 5.48. The Bertz CT molecular complexity index is 1280. The van der Waals surface area contributed by atoms with Crippen LogP contribution in [-0.4, -0.2) is 45.7 Å². The van der Waals surface area contributed by atoms with Gasteiger partial charge in [-0.3, -0.25) is 10.0 Å². The van der Waals surface area contributed by atoms with Crippen LogP contribution in [0.4, 0.5) is 20.7 Å². The van der Waals surface area contributed by atoms with Crippen LogP contribution in [0.3, 0.4) is 0 Å². The summed E-state index contributed by atoms with van der Waals surface area (Å²) >= 11 is 5.98. The van der Waals surface area contributed by atoms with Gasteiger partial charge in [0.05, 0.1) is 28.4 Å². The Morgan fingerprint density at radius 1 is 1.34 bits per heavy atom. The predicted molar refractivity (Wildman–Crippen MR) is 115 cm³/mol. The molecule has 14 heteroatoms. The number of hydrogen-bond acceptors (Lipinski definition) is 8. The molecule has 0 aliphatic heterocycles. The fraction of sp³-hybridized carbons (Fsp3) is 0.278. The van der Waals surface area contributed by atoms with Crippen LogP contribution < -0.4 is 10.0 Å². The molecule has 0 aromatic carbocycles. The van der Waals surface area contributed by atoms with E-state index in [-0.39, 0.29) is 16.5 Å². The van der Waals surface area contributed by atoms with E-state index in [0.29, 0.717) is 22.6 Å². The monoisotopic (exact) mass is 483 g/mol. The first kappa shape index (κ1) is 23.3. The normalized spacial score (nSPS) is 12.3. The van der Waals surface area contributed by atoms with Gasteiger partial charge in [0.25, 0.3) is 0 Å². The van der Waals surface area contributed by atoms with E-state index in [9.17, 15) is 17.6 Å². The predicted octanol–water partition coefficient (Wildman–Crippen LogP) is 3.05. The highest BCUT2D eigenvalue weighted by atomic mass is 35.5. The Kier molecular flexibility index (Phi) is 6.60. The average molecular weight is 484 g/mol. The highest BCUT2D eigenvalue weighted by Crippen LogP contribution is 2.28. The third-order valence-electron chi connectivity index (χ3n) is 4.24. The Labute approximate surface area is 188 Å². The van der Waals surface area contributed by atoms with E-state index < -0.39 is 28.2 Å². The van der Waals surface area contributed by atoms with Crippen LogP contribution in [-0.2, 0) is 21.8 Å². The molecule has 0 aliphatic carbocycles. The minimum atomic E-state index is -3.47. The van der Waals surface area contributed by atoms with Crippen molar-refractivity contribution < 1.29 is 22.3 Å². The molecule has 0 radical (unpaired) electrons. The van der Waals surface area contributed by atoms with Crippen LogP contribution in [0.15, 0.2) is 24.4 Å². The van der Waals surface area contributed by atoms with Gasteiger partial charge in [-0.25, -0.2) is 27.9 Å². The maximum absolute atomic E-state index is 13.1. The molecule has 3 heterocycles. The molecule has 1 amide bonds. The van der Waals surface area contributed by atoms with Crippen molar-refractivity contribution in [3.05, 3.63) is 46.6 Å². The number of nitrogens with zero attached hydrogens (tertiary/aromatic N) is 5. The zero-order chi connectivity index (χ0) is 23.6. The van der Waals surface area contributed by atoms with Crippen LogP contribution in [0.25, 0.3) is 11.4 Å². The largest absolute Gasteiger partial charge is 0.441 e. The summed E-state index contributed by atoms with van der Waals surface area (Å²) in [4.78, 5) is 20.3. The van der Waals surface area contributed by atoms with E-state index in [0.717, 1.165) is 12.3 Å². The molecule has 2 N–H and O–H groups in total. The van der Waals surface area contributed by atoms with E-state index in [1.807, 2.05) is 0 Å². The number of anilines is 2. The number of hydrogen-bond donors (Lipinski definition) is 2. The van der Waals surface area contributed by atoms with Crippen LogP contribution in [0.2, 0.25) is 5.02 Å². The molecule has 0 saturated carbocycles. The second-order valence-corrected chi connectivity index (χ2v) is 8.97. The maximum atomic E-state index is 13.1. The molecule has 0 saturated heterocycles. The number of pyridine rings is 2. The van der Waals surface area contributed by atoms with Crippen molar-refractivity contribution in [2.24, 2.45) is 7.05 Å². The Hall–Kier alpha value is -3.32. The molecule has 3 aromatic rings. The first-order valence-corrected chi connectivity index (χ1v) is 11.4. The van der Waals surface area contributed by atoms with Crippen molar-refractivity contribution in [2.45, 2.75) is 20.0 Å². The first-order chi connectivity index (χ1) is 14.9. The van der Waals surface area contributed by atoms with Gasteiger partial charge in [-0.1, -0.05) is 16.8 Å². The van der Waals surface area contributed by atoms with E-state index in [2.05, 4.69) is 30.3 Å².